The van der Waals surface area contributed by atoms with Gasteiger partial charge in [-0.1, -0.05) is 18.2 Å². The van der Waals surface area contributed by atoms with Crippen molar-refractivity contribution in [3.05, 3.63) is 58.7 Å². The third-order valence-electron chi connectivity index (χ3n) is 3.26. The summed E-state index contributed by atoms with van der Waals surface area (Å²) in [6, 6.07) is 10.5. The van der Waals surface area contributed by atoms with Gasteiger partial charge in [0.15, 0.2) is 0 Å². The molecule has 0 amide bonds. The standard InChI is InChI=1S/C16H17NO3/c1-10-4-3-5-13(15(10)18)9-17-14-7-6-12(16(19)20)8-11(14)2/h3-8,17-18H,9H2,1-2H3,(H,19,20). The lowest BCUT2D eigenvalue weighted by molar-refractivity contribution is 0.0697. The van der Waals surface area contributed by atoms with Crippen molar-refractivity contribution in [1.29, 1.82) is 0 Å². The molecule has 2 aromatic carbocycles. The molecule has 0 fully saturated rings. The van der Waals surface area contributed by atoms with E-state index in [4.69, 9.17) is 5.11 Å². The normalized spacial score (nSPS) is 10.3. The number of aromatic carboxylic acids is 1. The Kier molecular flexibility index (Phi) is 3.94. The number of carboxylic acid groups (broad SMARTS) is 1. The Bertz CT molecular complexity index is 650. The predicted octanol–water partition coefficient (Wildman–Crippen LogP) is 3.32. The second kappa shape index (κ2) is 5.65. The molecule has 2 rings (SSSR count). The van der Waals surface area contributed by atoms with Crippen molar-refractivity contribution >= 4 is 11.7 Å². The lowest BCUT2D eigenvalue weighted by Gasteiger charge is -2.12. The smallest absolute Gasteiger partial charge is 0.335 e. The molecule has 20 heavy (non-hydrogen) atoms. The van der Waals surface area contributed by atoms with Crippen LogP contribution in [0.15, 0.2) is 36.4 Å². The molecule has 4 nitrogen and oxygen atoms in total. The summed E-state index contributed by atoms with van der Waals surface area (Å²) in [4.78, 5) is 10.9. The number of carbonyl (C=O) groups is 1. The lowest BCUT2D eigenvalue weighted by Crippen LogP contribution is -2.03. The van der Waals surface area contributed by atoms with Crippen LogP contribution in [-0.2, 0) is 6.54 Å². The molecule has 0 aliphatic heterocycles. The van der Waals surface area contributed by atoms with E-state index >= 15 is 0 Å². The zero-order chi connectivity index (χ0) is 14.7. The van der Waals surface area contributed by atoms with E-state index in [1.807, 2.05) is 32.0 Å². The number of para-hydroxylation sites is 1. The maximum absolute atomic E-state index is 10.9. The third-order valence-corrected chi connectivity index (χ3v) is 3.26. The minimum Gasteiger partial charge on any atom is -0.507 e. The molecule has 2 aromatic rings. The minimum atomic E-state index is -0.934. The van der Waals surface area contributed by atoms with Gasteiger partial charge in [0.2, 0.25) is 0 Å². The highest BCUT2D eigenvalue weighted by molar-refractivity contribution is 5.88. The fourth-order valence-electron chi connectivity index (χ4n) is 2.05. The molecule has 0 saturated carbocycles. The number of phenols is 1. The van der Waals surface area contributed by atoms with Gasteiger partial charge < -0.3 is 15.5 Å². The van der Waals surface area contributed by atoms with Gasteiger partial charge in [-0.15, -0.1) is 0 Å². The molecule has 0 aliphatic carbocycles. The highest BCUT2D eigenvalue weighted by Crippen LogP contribution is 2.23. The van der Waals surface area contributed by atoms with E-state index in [9.17, 15) is 9.90 Å². The molecule has 0 spiro atoms. The first-order valence-corrected chi connectivity index (χ1v) is 6.34. The van der Waals surface area contributed by atoms with Gasteiger partial charge in [0.05, 0.1) is 5.56 Å². The van der Waals surface area contributed by atoms with Crippen LogP contribution in [0.25, 0.3) is 0 Å². The number of phenolic OH excluding ortho intramolecular Hbond substituents is 1. The summed E-state index contributed by atoms with van der Waals surface area (Å²) in [6.07, 6.45) is 0. The summed E-state index contributed by atoms with van der Waals surface area (Å²) >= 11 is 0. The minimum absolute atomic E-state index is 0.270. The summed E-state index contributed by atoms with van der Waals surface area (Å²) in [5, 5.41) is 22.1. The van der Waals surface area contributed by atoms with Gasteiger partial charge in [-0.25, -0.2) is 4.79 Å². The van der Waals surface area contributed by atoms with E-state index in [1.165, 1.54) is 0 Å². The molecule has 3 N–H and O–H groups in total. The summed E-state index contributed by atoms with van der Waals surface area (Å²) in [5.74, 6) is -0.643. The van der Waals surface area contributed by atoms with Crippen molar-refractivity contribution < 1.29 is 15.0 Å². The van der Waals surface area contributed by atoms with Crippen molar-refractivity contribution in [3.8, 4) is 5.75 Å². The van der Waals surface area contributed by atoms with Crippen molar-refractivity contribution in [3.63, 3.8) is 0 Å². The second-order valence-electron chi connectivity index (χ2n) is 4.77. The third kappa shape index (κ3) is 2.91. The van der Waals surface area contributed by atoms with Crippen molar-refractivity contribution in [1.82, 2.24) is 0 Å². The van der Waals surface area contributed by atoms with E-state index in [0.717, 1.165) is 22.4 Å². The summed E-state index contributed by atoms with van der Waals surface area (Å²) in [5.41, 5.74) is 3.63. The number of hydrogen-bond donors (Lipinski definition) is 3. The van der Waals surface area contributed by atoms with Gasteiger partial charge in [0, 0.05) is 17.8 Å². The number of hydrogen-bond acceptors (Lipinski definition) is 3. The second-order valence-corrected chi connectivity index (χ2v) is 4.77. The van der Waals surface area contributed by atoms with Gasteiger partial charge in [-0.2, -0.15) is 0 Å². The zero-order valence-electron chi connectivity index (χ0n) is 11.5. The molecule has 0 atom stereocenters. The average Bonchev–Trinajstić information content (AvgIpc) is 2.41. The van der Waals surface area contributed by atoms with E-state index in [2.05, 4.69) is 5.32 Å². The first-order valence-electron chi connectivity index (χ1n) is 6.34. The van der Waals surface area contributed by atoms with Gasteiger partial charge in [0.1, 0.15) is 5.75 Å². The Balaban J connectivity index is 2.15. The van der Waals surface area contributed by atoms with Crippen LogP contribution in [0.1, 0.15) is 27.0 Å². The fourth-order valence-corrected chi connectivity index (χ4v) is 2.05. The first-order chi connectivity index (χ1) is 9.49. The summed E-state index contributed by atoms with van der Waals surface area (Å²) < 4.78 is 0. The number of aromatic hydroxyl groups is 1. The topological polar surface area (TPSA) is 69.6 Å². The molecule has 0 unspecified atom stereocenters. The Morgan fingerprint density at radius 2 is 1.90 bits per heavy atom. The Morgan fingerprint density at radius 1 is 1.15 bits per heavy atom. The highest BCUT2D eigenvalue weighted by atomic mass is 16.4. The number of nitrogens with one attached hydrogen (secondary N) is 1. The molecule has 0 radical (unpaired) electrons. The molecule has 104 valence electrons. The fraction of sp³-hybridized carbons (Fsp3) is 0.188. The van der Waals surface area contributed by atoms with Crippen LogP contribution < -0.4 is 5.32 Å². The maximum Gasteiger partial charge on any atom is 0.335 e. The van der Waals surface area contributed by atoms with Crippen LogP contribution in [0.3, 0.4) is 0 Å². The number of carboxylic acids is 1. The van der Waals surface area contributed by atoms with Crippen molar-refractivity contribution in [2.45, 2.75) is 20.4 Å². The van der Waals surface area contributed by atoms with E-state index in [-0.39, 0.29) is 5.56 Å². The van der Waals surface area contributed by atoms with Gasteiger partial charge in [0.25, 0.3) is 0 Å². The maximum atomic E-state index is 10.9. The van der Waals surface area contributed by atoms with Gasteiger partial charge in [-0.3, -0.25) is 0 Å². The molecule has 0 saturated heterocycles. The number of anilines is 1. The number of aryl methyl sites for hydroxylation is 2. The Hall–Kier alpha value is -2.49. The highest BCUT2D eigenvalue weighted by Gasteiger charge is 2.07. The monoisotopic (exact) mass is 271 g/mol. The predicted molar refractivity (Wildman–Crippen MR) is 78.3 cm³/mol. The van der Waals surface area contributed by atoms with Gasteiger partial charge >= 0.3 is 5.97 Å². The first kappa shape index (κ1) is 13.9. The molecule has 0 bridgehead atoms. The van der Waals surface area contributed by atoms with Crippen molar-refractivity contribution in [2.24, 2.45) is 0 Å². The molecular weight excluding hydrogens is 254 g/mol. The number of rotatable bonds is 4. The molecular formula is C16H17NO3. The van der Waals surface area contributed by atoms with Crippen LogP contribution >= 0.6 is 0 Å². The molecule has 0 heterocycles. The lowest BCUT2D eigenvalue weighted by atomic mass is 10.1. The molecule has 4 heteroatoms. The largest absolute Gasteiger partial charge is 0.507 e. The van der Waals surface area contributed by atoms with Crippen LogP contribution in [0, 0.1) is 13.8 Å². The average molecular weight is 271 g/mol. The van der Waals surface area contributed by atoms with Crippen LogP contribution in [0.4, 0.5) is 5.69 Å². The number of benzene rings is 2. The zero-order valence-corrected chi connectivity index (χ0v) is 11.5. The van der Waals surface area contributed by atoms with Crippen LogP contribution in [-0.4, -0.2) is 16.2 Å². The Morgan fingerprint density at radius 3 is 2.55 bits per heavy atom. The summed E-state index contributed by atoms with van der Waals surface area (Å²) in [6.45, 7) is 4.19. The summed E-state index contributed by atoms with van der Waals surface area (Å²) in [7, 11) is 0. The van der Waals surface area contributed by atoms with Gasteiger partial charge in [-0.05, 0) is 43.2 Å². The van der Waals surface area contributed by atoms with Crippen LogP contribution in [0.5, 0.6) is 5.75 Å². The Labute approximate surface area is 117 Å². The van der Waals surface area contributed by atoms with E-state index in [0.29, 0.717) is 12.3 Å². The van der Waals surface area contributed by atoms with Crippen LogP contribution in [0.2, 0.25) is 0 Å². The molecule has 0 aromatic heterocycles. The van der Waals surface area contributed by atoms with E-state index in [1.54, 1.807) is 18.2 Å². The molecule has 0 aliphatic rings. The quantitative estimate of drug-likeness (QED) is 0.798. The van der Waals surface area contributed by atoms with E-state index < -0.39 is 5.97 Å². The SMILES string of the molecule is Cc1cc(C(=O)O)ccc1NCc1cccc(C)c1O. The van der Waals surface area contributed by atoms with Crippen molar-refractivity contribution in [2.75, 3.05) is 5.32 Å².